The second-order valence-corrected chi connectivity index (χ2v) is 6.72. The number of hydrogen-bond donors (Lipinski definition) is 1. The third-order valence-electron chi connectivity index (χ3n) is 4.82. The third kappa shape index (κ3) is 4.76. The third-order valence-corrected chi connectivity index (χ3v) is 4.82. The van der Waals surface area contributed by atoms with E-state index < -0.39 is 0 Å². The molecule has 0 saturated carbocycles. The first-order valence-electron chi connectivity index (χ1n) is 9.08. The zero-order chi connectivity index (χ0) is 18.4. The van der Waals surface area contributed by atoms with Crippen LogP contribution in [0, 0.1) is 6.92 Å². The highest BCUT2D eigenvalue weighted by molar-refractivity contribution is 5.83. The van der Waals surface area contributed by atoms with Gasteiger partial charge in [-0.2, -0.15) is 5.10 Å². The van der Waals surface area contributed by atoms with Crippen molar-refractivity contribution in [1.29, 1.82) is 0 Å². The van der Waals surface area contributed by atoms with Gasteiger partial charge >= 0.3 is 0 Å². The van der Waals surface area contributed by atoms with Gasteiger partial charge in [-0.1, -0.05) is 29.8 Å². The van der Waals surface area contributed by atoms with Crippen molar-refractivity contribution in [2.24, 2.45) is 5.10 Å². The molecule has 0 unspecified atom stereocenters. The Hall–Kier alpha value is -2.53. The highest BCUT2D eigenvalue weighted by Crippen LogP contribution is 2.23. The number of methoxy groups -OCH3 is 2. The van der Waals surface area contributed by atoms with Gasteiger partial charge in [0, 0.05) is 17.2 Å². The molecule has 5 heteroatoms. The minimum Gasteiger partial charge on any atom is -0.497 e. The fourth-order valence-corrected chi connectivity index (χ4v) is 3.17. The van der Waals surface area contributed by atoms with E-state index in [2.05, 4.69) is 41.3 Å². The number of nitrogens with one attached hydrogen (secondary N) is 1. The molecule has 0 amide bonds. The molecule has 2 aromatic carbocycles. The number of hydrazone groups is 1. The SMILES string of the molecule is COc1ccc(/C=N/N2CC[NH+](Cc3ccc(C)cc3)CC2)c(OC)c1. The number of aryl methyl sites for hydroxylation is 1. The molecule has 1 fully saturated rings. The van der Waals surface area contributed by atoms with E-state index >= 15 is 0 Å². The van der Waals surface area contributed by atoms with Crippen LogP contribution >= 0.6 is 0 Å². The minimum absolute atomic E-state index is 0.775. The molecule has 0 bridgehead atoms. The average molecular weight is 354 g/mol. The van der Waals surface area contributed by atoms with Crippen LogP contribution in [-0.4, -0.2) is 51.6 Å². The van der Waals surface area contributed by atoms with Crippen LogP contribution in [0.2, 0.25) is 0 Å². The summed E-state index contributed by atoms with van der Waals surface area (Å²) in [6.07, 6.45) is 1.88. The molecular weight excluding hydrogens is 326 g/mol. The molecule has 0 atom stereocenters. The van der Waals surface area contributed by atoms with Crippen molar-refractivity contribution in [2.75, 3.05) is 40.4 Å². The Morgan fingerprint density at radius 3 is 2.42 bits per heavy atom. The Bertz CT molecular complexity index is 735. The van der Waals surface area contributed by atoms with E-state index in [1.165, 1.54) is 11.1 Å². The summed E-state index contributed by atoms with van der Waals surface area (Å²) >= 11 is 0. The van der Waals surface area contributed by atoms with Gasteiger partial charge in [-0.25, -0.2) is 0 Å². The van der Waals surface area contributed by atoms with E-state index in [9.17, 15) is 0 Å². The van der Waals surface area contributed by atoms with Crippen molar-refractivity contribution in [3.8, 4) is 11.5 Å². The van der Waals surface area contributed by atoms with Crippen LogP contribution in [0.15, 0.2) is 47.6 Å². The summed E-state index contributed by atoms with van der Waals surface area (Å²) < 4.78 is 10.7. The molecule has 1 N–H and O–H groups in total. The summed E-state index contributed by atoms with van der Waals surface area (Å²) in [7, 11) is 3.32. The van der Waals surface area contributed by atoms with Gasteiger partial charge in [0.25, 0.3) is 0 Å². The maximum absolute atomic E-state index is 5.43. The van der Waals surface area contributed by atoms with Gasteiger partial charge in [0.2, 0.25) is 0 Å². The summed E-state index contributed by atoms with van der Waals surface area (Å²) in [5.41, 5.74) is 3.69. The number of piperazine rings is 1. The largest absolute Gasteiger partial charge is 0.497 e. The highest BCUT2D eigenvalue weighted by Gasteiger charge is 2.18. The first-order chi connectivity index (χ1) is 12.7. The normalized spacial score (nSPS) is 15.4. The number of nitrogens with zero attached hydrogens (tertiary/aromatic N) is 2. The van der Waals surface area contributed by atoms with Crippen molar-refractivity contribution in [2.45, 2.75) is 13.5 Å². The van der Waals surface area contributed by atoms with Crippen LogP contribution in [0.4, 0.5) is 0 Å². The van der Waals surface area contributed by atoms with Crippen LogP contribution in [0.3, 0.4) is 0 Å². The second kappa shape index (κ2) is 8.72. The molecule has 0 aromatic heterocycles. The van der Waals surface area contributed by atoms with Gasteiger partial charge < -0.3 is 14.4 Å². The van der Waals surface area contributed by atoms with E-state index in [0.29, 0.717) is 0 Å². The summed E-state index contributed by atoms with van der Waals surface area (Å²) in [4.78, 5) is 1.61. The minimum atomic E-state index is 0.775. The van der Waals surface area contributed by atoms with Crippen molar-refractivity contribution < 1.29 is 14.4 Å². The van der Waals surface area contributed by atoms with E-state index in [4.69, 9.17) is 9.47 Å². The van der Waals surface area contributed by atoms with Crippen LogP contribution in [0.25, 0.3) is 0 Å². The first-order valence-corrected chi connectivity index (χ1v) is 9.08. The van der Waals surface area contributed by atoms with Gasteiger partial charge in [0.15, 0.2) is 0 Å². The van der Waals surface area contributed by atoms with Crippen molar-refractivity contribution in [3.05, 3.63) is 59.2 Å². The van der Waals surface area contributed by atoms with Gasteiger partial charge in [0.05, 0.1) is 46.6 Å². The van der Waals surface area contributed by atoms with Crippen molar-refractivity contribution in [1.82, 2.24) is 5.01 Å². The lowest BCUT2D eigenvalue weighted by atomic mass is 10.1. The molecule has 1 aliphatic rings. The number of quaternary nitrogens is 1. The molecule has 26 heavy (non-hydrogen) atoms. The van der Waals surface area contributed by atoms with Crippen molar-refractivity contribution in [3.63, 3.8) is 0 Å². The summed E-state index contributed by atoms with van der Waals surface area (Å²) in [5.74, 6) is 1.56. The zero-order valence-electron chi connectivity index (χ0n) is 15.9. The monoisotopic (exact) mass is 354 g/mol. The molecule has 1 heterocycles. The second-order valence-electron chi connectivity index (χ2n) is 6.72. The van der Waals surface area contributed by atoms with E-state index in [1.807, 2.05) is 24.4 Å². The Labute approximate surface area is 155 Å². The zero-order valence-corrected chi connectivity index (χ0v) is 15.9. The predicted octanol–water partition coefficient (Wildman–Crippen LogP) is 1.75. The van der Waals surface area contributed by atoms with Crippen LogP contribution < -0.4 is 14.4 Å². The number of hydrogen-bond acceptors (Lipinski definition) is 4. The lowest BCUT2D eigenvalue weighted by molar-refractivity contribution is -0.918. The molecule has 0 radical (unpaired) electrons. The quantitative estimate of drug-likeness (QED) is 0.804. The molecule has 3 rings (SSSR count). The smallest absolute Gasteiger partial charge is 0.131 e. The van der Waals surface area contributed by atoms with E-state index in [1.54, 1.807) is 19.1 Å². The molecular formula is C21H28N3O2+. The standard InChI is InChI=1S/C21H27N3O2/c1-17-4-6-18(7-5-17)16-23-10-12-24(13-11-23)22-15-19-8-9-20(25-2)14-21(19)26-3/h4-9,14-15H,10-13,16H2,1-3H3/p+1/b22-15+. The fourth-order valence-electron chi connectivity index (χ4n) is 3.17. The molecule has 0 aliphatic carbocycles. The van der Waals surface area contributed by atoms with Gasteiger partial charge in [-0.05, 0) is 19.1 Å². The van der Waals surface area contributed by atoms with Crippen LogP contribution in [0.5, 0.6) is 11.5 Å². The molecule has 0 spiro atoms. The maximum Gasteiger partial charge on any atom is 0.131 e. The molecule has 5 nitrogen and oxygen atoms in total. The Morgan fingerprint density at radius 2 is 1.77 bits per heavy atom. The summed E-state index contributed by atoms with van der Waals surface area (Å²) in [6.45, 7) is 7.36. The Morgan fingerprint density at radius 1 is 1.04 bits per heavy atom. The molecule has 1 aliphatic heterocycles. The molecule has 1 saturated heterocycles. The number of rotatable bonds is 6. The Kier molecular flexibility index (Phi) is 6.12. The number of ether oxygens (including phenoxy) is 2. The molecule has 2 aromatic rings. The summed E-state index contributed by atoms with van der Waals surface area (Å²) in [6, 6.07) is 14.6. The molecule has 138 valence electrons. The van der Waals surface area contributed by atoms with Gasteiger partial charge in [-0.3, -0.25) is 5.01 Å². The van der Waals surface area contributed by atoms with Crippen LogP contribution in [-0.2, 0) is 6.54 Å². The number of benzene rings is 2. The predicted molar refractivity (Wildman–Crippen MR) is 104 cm³/mol. The lowest BCUT2D eigenvalue weighted by Crippen LogP contribution is -3.13. The average Bonchev–Trinajstić information content (AvgIpc) is 2.69. The van der Waals surface area contributed by atoms with Gasteiger partial charge in [0.1, 0.15) is 18.0 Å². The van der Waals surface area contributed by atoms with E-state index in [-0.39, 0.29) is 0 Å². The maximum atomic E-state index is 5.43. The summed E-state index contributed by atoms with van der Waals surface area (Å²) in [5, 5.41) is 6.79. The van der Waals surface area contributed by atoms with E-state index in [0.717, 1.165) is 49.8 Å². The lowest BCUT2D eigenvalue weighted by Gasteiger charge is -2.30. The highest BCUT2D eigenvalue weighted by atomic mass is 16.5. The van der Waals surface area contributed by atoms with Crippen molar-refractivity contribution >= 4 is 6.21 Å². The topological polar surface area (TPSA) is 38.5 Å². The first kappa shape index (κ1) is 18.3. The Balaban J connectivity index is 1.53. The fraction of sp³-hybridized carbons (Fsp3) is 0.381. The van der Waals surface area contributed by atoms with Gasteiger partial charge in [-0.15, -0.1) is 0 Å². The van der Waals surface area contributed by atoms with Crippen LogP contribution in [0.1, 0.15) is 16.7 Å².